The molecule has 0 aliphatic heterocycles. The highest BCUT2D eigenvalue weighted by atomic mass is 16.6. The van der Waals surface area contributed by atoms with Crippen molar-refractivity contribution >= 4 is 11.6 Å². The summed E-state index contributed by atoms with van der Waals surface area (Å²) in [6, 6.07) is 6.48. The van der Waals surface area contributed by atoms with Gasteiger partial charge in [-0.25, -0.2) is 0 Å². The molecule has 114 valence electrons. The predicted molar refractivity (Wildman–Crippen MR) is 79.4 cm³/mol. The Kier molecular flexibility index (Phi) is 5.27. The number of amides is 1. The summed E-state index contributed by atoms with van der Waals surface area (Å²) in [6.45, 7) is 0.886. The van der Waals surface area contributed by atoms with Gasteiger partial charge in [0.2, 0.25) is 5.91 Å². The minimum absolute atomic E-state index is 0.00979. The van der Waals surface area contributed by atoms with Gasteiger partial charge >= 0.3 is 0 Å². The summed E-state index contributed by atoms with van der Waals surface area (Å²) in [5.74, 6) is 0.531. The summed E-state index contributed by atoms with van der Waals surface area (Å²) in [5.41, 5.74) is 6.22. The molecular weight excluding hydrogens is 270 g/mol. The quantitative estimate of drug-likeness (QED) is 0.640. The molecule has 1 saturated carbocycles. The molecule has 1 aliphatic rings. The van der Waals surface area contributed by atoms with E-state index in [9.17, 15) is 14.9 Å². The Morgan fingerprint density at radius 2 is 1.95 bits per heavy atom. The normalized spacial score (nSPS) is 21.8. The Bertz CT molecular complexity index is 511. The first-order chi connectivity index (χ1) is 10.1. The van der Waals surface area contributed by atoms with E-state index in [1.165, 1.54) is 6.07 Å². The number of rotatable bonds is 5. The molecule has 21 heavy (non-hydrogen) atoms. The van der Waals surface area contributed by atoms with Crippen LogP contribution in [-0.4, -0.2) is 17.4 Å². The van der Waals surface area contributed by atoms with E-state index in [0.29, 0.717) is 18.0 Å². The standard InChI is InChI=1S/C15H21N3O3/c16-9-11-5-7-12(8-6-11)15(19)17-10-13-3-1-2-4-14(13)18(20)21/h1-4,11-12H,5-10,16H2,(H,17,19). The average Bonchev–Trinajstić information content (AvgIpc) is 2.52. The van der Waals surface area contributed by atoms with Gasteiger partial charge in [0.25, 0.3) is 5.69 Å². The molecule has 0 radical (unpaired) electrons. The van der Waals surface area contributed by atoms with Crippen molar-refractivity contribution in [1.82, 2.24) is 5.32 Å². The lowest BCUT2D eigenvalue weighted by Gasteiger charge is -2.26. The number of nitro benzene ring substituents is 1. The molecule has 0 aromatic heterocycles. The van der Waals surface area contributed by atoms with E-state index < -0.39 is 4.92 Å². The van der Waals surface area contributed by atoms with E-state index in [0.717, 1.165) is 25.7 Å². The molecule has 1 aliphatic carbocycles. The van der Waals surface area contributed by atoms with Gasteiger partial charge in [0.1, 0.15) is 0 Å². The van der Waals surface area contributed by atoms with Gasteiger partial charge in [-0.3, -0.25) is 14.9 Å². The number of hydrogen-bond acceptors (Lipinski definition) is 4. The molecule has 0 atom stereocenters. The smallest absolute Gasteiger partial charge is 0.274 e. The predicted octanol–water partition coefficient (Wildman–Crippen LogP) is 1.98. The fourth-order valence-corrected chi connectivity index (χ4v) is 2.83. The molecule has 6 heteroatoms. The van der Waals surface area contributed by atoms with Crippen molar-refractivity contribution in [3.8, 4) is 0 Å². The Morgan fingerprint density at radius 3 is 2.57 bits per heavy atom. The van der Waals surface area contributed by atoms with Crippen LogP contribution in [-0.2, 0) is 11.3 Å². The third-order valence-corrected chi connectivity index (χ3v) is 4.19. The summed E-state index contributed by atoms with van der Waals surface area (Å²) < 4.78 is 0. The van der Waals surface area contributed by atoms with E-state index >= 15 is 0 Å². The molecule has 1 aromatic carbocycles. The van der Waals surface area contributed by atoms with E-state index in [2.05, 4.69) is 5.32 Å². The largest absolute Gasteiger partial charge is 0.352 e. The van der Waals surface area contributed by atoms with Crippen molar-refractivity contribution in [3.05, 3.63) is 39.9 Å². The van der Waals surface area contributed by atoms with Gasteiger partial charge in [0.15, 0.2) is 0 Å². The van der Waals surface area contributed by atoms with Crippen LogP contribution in [0.1, 0.15) is 31.2 Å². The highest BCUT2D eigenvalue weighted by Gasteiger charge is 2.25. The van der Waals surface area contributed by atoms with Crippen LogP contribution >= 0.6 is 0 Å². The number of carbonyl (C=O) groups excluding carboxylic acids is 1. The van der Waals surface area contributed by atoms with Gasteiger partial charge in [0, 0.05) is 24.1 Å². The summed E-state index contributed by atoms with van der Waals surface area (Å²) in [5, 5.41) is 13.7. The zero-order valence-corrected chi connectivity index (χ0v) is 12.0. The fourth-order valence-electron chi connectivity index (χ4n) is 2.83. The molecule has 0 spiro atoms. The number of para-hydroxylation sites is 1. The van der Waals surface area contributed by atoms with Gasteiger partial charge in [-0.15, -0.1) is 0 Å². The number of hydrogen-bond donors (Lipinski definition) is 2. The molecule has 1 fully saturated rings. The van der Waals surface area contributed by atoms with Crippen LogP contribution in [0.3, 0.4) is 0 Å². The Labute approximate surface area is 123 Å². The zero-order chi connectivity index (χ0) is 15.2. The highest BCUT2D eigenvalue weighted by molar-refractivity contribution is 5.78. The van der Waals surface area contributed by atoms with Crippen molar-refractivity contribution in [2.45, 2.75) is 32.2 Å². The Morgan fingerprint density at radius 1 is 1.29 bits per heavy atom. The van der Waals surface area contributed by atoms with Crippen LogP contribution in [0, 0.1) is 22.0 Å². The number of nitro groups is 1. The first-order valence-corrected chi connectivity index (χ1v) is 7.32. The SMILES string of the molecule is NCC1CCC(C(=O)NCc2ccccc2[N+](=O)[O-])CC1. The maximum atomic E-state index is 12.1. The second-order valence-electron chi connectivity index (χ2n) is 5.56. The molecule has 0 unspecified atom stereocenters. The number of nitrogens with two attached hydrogens (primary N) is 1. The molecule has 1 amide bonds. The minimum Gasteiger partial charge on any atom is -0.352 e. The fraction of sp³-hybridized carbons (Fsp3) is 0.533. The van der Waals surface area contributed by atoms with Crippen LogP contribution < -0.4 is 11.1 Å². The summed E-state index contributed by atoms with van der Waals surface area (Å²) in [6.07, 6.45) is 3.68. The van der Waals surface area contributed by atoms with E-state index in [1.54, 1.807) is 18.2 Å². The lowest BCUT2D eigenvalue weighted by atomic mass is 9.81. The number of nitrogens with one attached hydrogen (secondary N) is 1. The molecule has 2 rings (SSSR count). The monoisotopic (exact) mass is 291 g/mol. The van der Waals surface area contributed by atoms with E-state index in [4.69, 9.17) is 5.73 Å². The number of nitrogens with zero attached hydrogens (tertiary/aromatic N) is 1. The maximum Gasteiger partial charge on any atom is 0.274 e. The van der Waals surface area contributed by atoms with Crippen LogP contribution in [0.5, 0.6) is 0 Å². The van der Waals surface area contributed by atoms with Crippen molar-refractivity contribution in [1.29, 1.82) is 0 Å². The highest BCUT2D eigenvalue weighted by Crippen LogP contribution is 2.28. The van der Waals surface area contributed by atoms with Crippen molar-refractivity contribution in [3.63, 3.8) is 0 Å². The third kappa shape index (κ3) is 4.01. The number of benzene rings is 1. The van der Waals surface area contributed by atoms with Crippen LogP contribution in [0.25, 0.3) is 0 Å². The topological polar surface area (TPSA) is 98.3 Å². The van der Waals surface area contributed by atoms with E-state index in [1.807, 2.05) is 0 Å². The van der Waals surface area contributed by atoms with Gasteiger partial charge in [-0.2, -0.15) is 0 Å². The second kappa shape index (κ2) is 7.17. The first kappa shape index (κ1) is 15.4. The molecule has 0 bridgehead atoms. The van der Waals surface area contributed by atoms with Gasteiger partial charge in [0.05, 0.1) is 4.92 Å². The molecule has 6 nitrogen and oxygen atoms in total. The molecule has 0 saturated heterocycles. The second-order valence-corrected chi connectivity index (χ2v) is 5.56. The molecular formula is C15H21N3O3. The Balaban J connectivity index is 1.89. The number of carbonyl (C=O) groups is 1. The lowest BCUT2D eigenvalue weighted by Crippen LogP contribution is -2.34. The van der Waals surface area contributed by atoms with Gasteiger partial charge in [-0.1, -0.05) is 18.2 Å². The maximum absolute atomic E-state index is 12.1. The van der Waals surface area contributed by atoms with Crippen molar-refractivity contribution in [2.75, 3.05) is 6.54 Å². The summed E-state index contributed by atoms with van der Waals surface area (Å²) in [7, 11) is 0. The van der Waals surface area contributed by atoms with Crippen LogP contribution in [0.15, 0.2) is 24.3 Å². The third-order valence-electron chi connectivity index (χ3n) is 4.19. The molecule has 3 N–H and O–H groups in total. The van der Waals surface area contributed by atoms with E-state index in [-0.39, 0.29) is 24.1 Å². The van der Waals surface area contributed by atoms with Crippen molar-refractivity contribution < 1.29 is 9.72 Å². The first-order valence-electron chi connectivity index (χ1n) is 7.32. The van der Waals surface area contributed by atoms with Crippen molar-refractivity contribution in [2.24, 2.45) is 17.6 Å². The van der Waals surface area contributed by atoms with Gasteiger partial charge < -0.3 is 11.1 Å². The van der Waals surface area contributed by atoms with Crippen LogP contribution in [0.2, 0.25) is 0 Å². The summed E-state index contributed by atoms with van der Waals surface area (Å²) >= 11 is 0. The summed E-state index contributed by atoms with van der Waals surface area (Å²) in [4.78, 5) is 22.6. The van der Waals surface area contributed by atoms with Crippen LogP contribution in [0.4, 0.5) is 5.69 Å². The lowest BCUT2D eigenvalue weighted by molar-refractivity contribution is -0.385. The Hall–Kier alpha value is -1.95. The minimum atomic E-state index is -0.423. The van der Waals surface area contributed by atoms with Gasteiger partial charge in [-0.05, 0) is 38.1 Å². The average molecular weight is 291 g/mol. The zero-order valence-electron chi connectivity index (χ0n) is 12.0. The molecule has 0 heterocycles. The molecule has 1 aromatic rings.